The molecule has 19 heavy (non-hydrogen) atoms. The molecule has 1 atom stereocenters. The Kier molecular flexibility index (Phi) is 4.62. The highest BCUT2D eigenvalue weighted by molar-refractivity contribution is 5.45. The van der Waals surface area contributed by atoms with E-state index in [0.717, 1.165) is 6.54 Å². The van der Waals surface area contributed by atoms with Crippen molar-refractivity contribution in [3.63, 3.8) is 0 Å². The van der Waals surface area contributed by atoms with Crippen LogP contribution in [0.1, 0.15) is 43.7 Å². The van der Waals surface area contributed by atoms with Crippen LogP contribution in [0, 0.1) is 0 Å². The van der Waals surface area contributed by atoms with Crippen molar-refractivity contribution in [2.75, 3.05) is 11.9 Å². The molecule has 0 fully saturated rings. The van der Waals surface area contributed by atoms with Gasteiger partial charge in [0.25, 0.3) is 0 Å². The van der Waals surface area contributed by atoms with Gasteiger partial charge in [0.05, 0.1) is 0 Å². The van der Waals surface area contributed by atoms with Gasteiger partial charge in [0, 0.05) is 12.2 Å². The molecule has 1 nitrogen and oxygen atoms in total. The topological polar surface area (TPSA) is 12.0 Å². The minimum absolute atomic E-state index is 0.519. The van der Waals surface area contributed by atoms with E-state index in [2.05, 4.69) is 80.7 Å². The van der Waals surface area contributed by atoms with Crippen molar-refractivity contribution < 1.29 is 0 Å². The molecule has 0 radical (unpaired) electrons. The van der Waals surface area contributed by atoms with Gasteiger partial charge in [0.2, 0.25) is 0 Å². The summed E-state index contributed by atoms with van der Waals surface area (Å²) in [6.45, 7) is 7.66. The molecule has 0 heterocycles. The molecule has 1 unspecified atom stereocenters. The predicted octanol–water partition coefficient (Wildman–Crippen LogP) is 5.03. The highest BCUT2D eigenvalue weighted by Crippen LogP contribution is 2.19. The van der Waals surface area contributed by atoms with Gasteiger partial charge >= 0.3 is 0 Å². The summed E-state index contributed by atoms with van der Waals surface area (Å²) >= 11 is 0. The van der Waals surface area contributed by atoms with Crippen LogP contribution in [0.3, 0.4) is 0 Å². The Morgan fingerprint density at radius 1 is 0.789 bits per heavy atom. The second-order valence-electron chi connectivity index (χ2n) is 5.47. The van der Waals surface area contributed by atoms with Crippen LogP contribution in [0.5, 0.6) is 0 Å². The lowest BCUT2D eigenvalue weighted by Crippen LogP contribution is -2.09. The first-order valence-electron chi connectivity index (χ1n) is 7.05. The molecule has 1 N–H and O–H groups in total. The molecule has 2 aromatic rings. The van der Waals surface area contributed by atoms with Gasteiger partial charge in [0.15, 0.2) is 0 Å². The van der Waals surface area contributed by atoms with Crippen LogP contribution >= 0.6 is 0 Å². The van der Waals surface area contributed by atoms with E-state index >= 15 is 0 Å². The Bertz CT molecular complexity index is 485. The predicted molar refractivity (Wildman–Crippen MR) is 83.9 cm³/mol. The molecule has 0 aromatic heterocycles. The van der Waals surface area contributed by atoms with E-state index in [1.54, 1.807) is 0 Å². The summed E-state index contributed by atoms with van der Waals surface area (Å²) in [6.07, 6.45) is 0. The SMILES string of the molecule is CC(C)c1ccc(NCC(C)c2ccccc2)cc1. The minimum atomic E-state index is 0.519. The molecule has 0 spiro atoms. The Balaban J connectivity index is 1.92. The van der Waals surface area contributed by atoms with Crippen LogP contribution in [-0.2, 0) is 0 Å². The maximum atomic E-state index is 3.51. The summed E-state index contributed by atoms with van der Waals surface area (Å²) in [7, 11) is 0. The van der Waals surface area contributed by atoms with Crippen LogP contribution in [-0.4, -0.2) is 6.54 Å². The normalized spacial score (nSPS) is 12.4. The first kappa shape index (κ1) is 13.7. The summed E-state index contributed by atoms with van der Waals surface area (Å²) in [5, 5.41) is 3.51. The van der Waals surface area contributed by atoms with Gasteiger partial charge in [-0.15, -0.1) is 0 Å². The maximum Gasteiger partial charge on any atom is 0.0340 e. The molecule has 0 bridgehead atoms. The molecule has 1 heteroatoms. The second-order valence-corrected chi connectivity index (χ2v) is 5.47. The van der Waals surface area contributed by atoms with E-state index < -0.39 is 0 Å². The van der Waals surface area contributed by atoms with E-state index in [-0.39, 0.29) is 0 Å². The van der Waals surface area contributed by atoms with Gasteiger partial charge in [-0.2, -0.15) is 0 Å². The molecular weight excluding hydrogens is 230 g/mol. The Labute approximate surface area is 116 Å². The smallest absolute Gasteiger partial charge is 0.0340 e. The van der Waals surface area contributed by atoms with Crippen LogP contribution in [0.25, 0.3) is 0 Å². The lowest BCUT2D eigenvalue weighted by atomic mass is 10.0. The highest BCUT2D eigenvalue weighted by Gasteiger charge is 2.04. The number of hydrogen-bond acceptors (Lipinski definition) is 1. The van der Waals surface area contributed by atoms with Gasteiger partial charge in [0.1, 0.15) is 0 Å². The third-order valence-electron chi connectivity index (χ3n) is 3.56. The van der Waals surface area contributed by atoms with E-state index in [1.807, 2.05) is 0 Å². The van der Waals surface area contributed by atoms with E-state index in [4.69, 9.17) is 0 Å². The number of hydrogen-bond donors (Lipinski definition) is 1. The van der Waals surface area contributed by atoms with Crippen molar-refractivity contribution in [1.82, 2.24) is 0 Å². The number of nitrogens with one attached hydrogen (secondary N) is 1. The zero-order chi connectivity index (χ0) is 13.7. The molecule has 0 aliphatic carbocycles. The van der Waals surface area contributed by atoms with Crippen molar-refractivity contribution in [3.8, 4) is 0 Å². The second kappa shape index (κ2) is 6.42. The molecule has 0 aliphatic heterocycles. The molecule has 100 valence electrons. The van der Waals surface area contributed by atoms with Gasteiger partial charge in [-0.25, -0.2) is 0 Å². The Hall–Kier alpha value is -1.76. The van der Waals surface area contributed by atoms with Gasteiger partial charge in [-0.05, 0) is 35.1 Å². The molecular formula is C18H23N. The standard InChI is InChI=1S/C18H23N/c1-14(2)16-9-11-18(12-10-16)19-13-15(3)17-7-5-4-6-8-17/h4-12,14-15,19H,13H2,1-3H3. The molecule has 0 aliphatic rings. The van der Waals surface area contributed by atoms with E-state index in [9.17, 15) is 0 Å². The Morgan fingerprint density at radius 3 is 2.00 bits per heavy atom. The van der Waals surface area contributed by atoms with Gasteiger partial charge in [-0.1, -0.05) is 63.2 Å². The van der Waals surface area contributed by atoms with Crippen LogP contribution < -0.4 is 5.32 Å². The molecule has 2 aromatic carbocycles. The summed E-state index contributed by atoms with van der Waals surface area (Å²) in [5.74, 6) is 1.11. The zero-order valence-corrected chi connectivity index (χ0v) is 12.1. The maximum absolute atomic E-state index is 3.51. The van der Waals surface area contributed by atoms with Crippen LogP contribution in [0.4, 0.5) is 5.69 Å². The summed E-state index contributed by atoms with van der Waals surface area (Å²) in [6, 6.07) is 19.4. The number of anilines is 1. The van der Waals surface area contributed by atoms with Crippen molar-refractivity contribution in [3.05, 3.63) is 65.7 Å². The summed E-state index contributed by atoms with van der Waals surface area (Å²) in [4.78, 5) is 0. The van der Waals surface area contributed by atoms with Crippen molar-refractivity contribution >= 4 is 5.69 Å². The van der Waals surface area contributed by atoms with Gasteiger partial charge in [-0.3, -0.25) is 0 Å². The molecule has 0 amide bonds. The third-order valence-corrected chi connectivity index (χ3v) is 3.56. The highest BCUT2D eigenvalue weighted by atomic mass is 14.9. The number of rotatable bonds is 5. The fourth-order valence-corrected chi connectivity index (χ4v) is 2.16. The fourth-order valence-electron chi connectivity index (χ4n) is 2.16. The average Bonchev–Trinajstić information content (AvgIpc) is 2.46. The Morgan fingerprint density at radius 2 is 1.42 bits per heavy atom. The van der Waals surface area contributed by atoms with E-state index in [1.165, 1.54) is 16.8 Å². The van der Waals surface area contributed by atoms with Crippen molar-refractivity contribution in [1.29, 1.82) is 0 Å². The van der Waals surface area contributed by atoms with Crippen LogP contribution in [0.15, 0.2) is 54.6 Å². The molecule has 0 saturated carbocycles. The lowest BCUT2D eigenvalue weighted by Gasteiger charge is -2.14. The monoisotopic (exact) mass is 253 g/mol. The summed E-state index contributed by atoms with van der Waals surface area (Å²) < 4.78 is 0. The third kappa shape index (κ3) is 3.85. The van der Waals surface area contributed by atoms with Crippen LogP contribution in [0.2, 0.25) is 0 Å². The lowest BCUT2D eigenvalue weighted by molar-refractivity contribution is 0.804. The van der Waals surface area contributed by atoms with Gasteiger partial charge < -0.3 is 5.32 Å². The average molecular weight is 253 g/mol. The number of benzene rings is 2. The largest absolute Gasteiger partial charge is 0.384 e. The minimum Gasteiger partial charge on any atom is -0.384 e. The molecule has 0 saturated heterocycles. The van der Waals surface area contributed by atoms with E-state index in [0.29, 0.717) is 11.8 Å². The van der Waals surface area contributed by atoms with Crippen molar-refractivity contribution in [2.24, 2.45) is 0 Å². The fraction of sp³-hybridized carbons (Fsp3) is 0.333. The zero-order valence-electron chi connectivity index (χ0n) is 12.1. The first-order valence-corrected chi connectivity index (χ1v) is 7.05. The van der Waals surface area contributed by atoms with Crippen molar-refractivity contribution in [2.45, 2.75) is 32.6 Å². The quantitative estimate of drug-likeness (QED) is 0.788. The summed E-state index contributed by atoms with van der Waals surface area (Å²) in [5.41, 5.74) is 3.97. The first-order chi connectivity index (χ1) is 9.16. The molecule has 2 rings (SSSR count).